The summed E-state index contributed by atoms with van der Waals surface area (Å²) in [5, 5.41) is 20.5. The second-order valence-corrected chi connectivity index (χ2v) is 10.3. The van der Waals surface area contributed by atoms with Gasteiger partial charge in [-0.3, -0.25) is 10.1 Å². The van der Waals surface area contributed by atoms with Crippen LogP contribution in [0.1, 0.15) is 24.1 Å². The zero-order chi connectivity index (χ0) is 26.8. The monoisotopic (exact) mass is 582 g/mol. The average molecular weight is 584 g/mol. The molecule has 192 valence electrons. The Labute approximate surface area is 237 Å². The molecule has 2 aromatic carbocycles. The standard InChI is InChI=1S/C26H20Cl2N6O2S2/c1-3-21-31-32-26-34(21)33-24(38-26)15-8-7-14(2)19(13-15)29-25(37)30-22(35)12-10-16-9-11-20(36-16)17-5-4-6-18(27)23(17)28/h4-13H,3H2,1-2H3,(H2,29,30,35,37). The zero-order valence-electron chi connectivity index (χ0n) is 20.2. The number of carbonyl (C=O) groups excluding carboxylic acids is 1. The van der Waals surface area contributed by atoms with E-state index in [2.05, 4.69) is 25.9 Å². The van der Waals surface area contributed by atoms with Gasteiger partial charge in [0, 0.05) is 29.3 Å². The first-order valence-electron chi connectivity index (χ1n) is 11.5. The van der Waals surface area contributed by atoms with E-state index in [1.54, 1.807) is 40.9 Å². The van der Waals surface area contributed by atoms with Crippen molar-refractivity contribution in [2.24, 2.45) is 0 Å². The van der Waals surface area contributed by atoms with Crippen molar-refractivity contribution in [1.29, 1.82) is 0 Å². The van der Waals surface area contributed by atoms with Crippen LogP contribution in [0.2, 0.25) is 10.0 Å². The predicted octanol–water partition coefficient (Wildman–Crippen LogP) is 6.82. The number of anilines is 1. The van der Waals surface area contributed by atoms with Crippen LogP contribution in [0.3, 0.4) is 0 Å². The highest BCUT2D eigenvalue weighted by molar-refractivity contribution is 7.80. The Balaban J connectivity index is 1.24. The lowest BCUT2D eigenvalue weighted by atomic mass is 10.1. The molecule has 5 rings (SSSR count). The highest BCUT2D eigenvalue weighted by atomic mass is 35.5. The van der Waals surface area contributed by atoms with Crippen LogP contribution in [-0.4, -0.2) is 30.8 Å². The van der Waals surface area contributed by atoms with Gasteiger partial charge in [0.2, 0.25) is 10.9 Å². The van der Waals surface area contributed by atoms with Crippen LogP contribution in [0, 0.1) is 6.92 Å². The van der Waals surface area contributed by atoms with E-state index >= 15 is 0 Å². The van der Waals surface area contributed by atoms with Crippen molar-refractivity contribution in [3.63, 3.8) is 0 Å². The van der Waals surface area contributed by atoms with E-state index in [1.807, 2.05) is 32.0 Å². The van der Waals surface area contributed by atoms with E-state index in [4.69, 9.17) is 39.8 Å². The summed E-state index contributed by atoms with van der Waals surface area (Å²) in [7, 11) is 0. The van der Waals surface area contributed by atoms with Gasteiger partial charge in [0.1, 0.15) is 16.5 Å². The molecule has 0 aliphatic rings. The smallest absolute Gasteiger partial charge is 0.250 e. The van der Waals surface area contributed by atoms with Gasteiger partial charge >= 0.3 is 0 Å². The number of nitrogens with zero attached hydrogens (tertiary/aromatic N) is 4. The lowest BCUT2D eigenvalue weighted by molar-refractivity contribution is -0.115. The molecule has 3 heterocycles. The molecule has 0 saturated carbocycles. The van der Waals surface area contributed by atoms with Crippen molar-refractivity contribution >= 4 is 74.5 Å². The average Bonchev–Trinajstić information content (AvgIpc) is 3.62. The number of hydrogen-bond donors (Lipinski definition) is 2. The fourth-order valence-corrected chi connectivity index (χ4v) is 5.09. The number of aromatic nitrogens is 4. The number of hydrogen-bond acceptors (Lipinski definition) is 7. The van der Waals surface area contributed by atoms with Gasteiger partial charge in [0.15, 0.2) is 10.9 Å². The predicted molar refractivity (Wildman–Crippen MR) is 156 cm³/mol. The minimum absolute atomic E-state index is 0.164. The molecule has 0 atom stereocenters. The molecule has 38 heavy (non-hydrogen) atoms. The summed E-state index contributed by atoms with van der Waals surface area (Å²) in [6.07, 6.45) is 3.62. The number of amides is 1. The van der Waals surface area contributed by atoms with Crippen LogP contribution in [0.15, 0.2) is 59.0 Å². The van der Waals surface area contributed by atoms with Crippen molar-refractivity contribution in [3.8, 4) is 21.9 Å². The van der Waals surface area contributed by atoms with Gasteiger partial charge in [0.25, 0.3) is 0 Å². The Morgan fingerprint density at radius 1 is 1.18 bits per heavy atom. The quantitative estimate of drug-likeness (QED) is 0.167. The number of fused-ring (bicyclic) bond motifs is 1. The second kappa shape index (κ2) is 11.0. The summed E-state index contributed by atoms with van der Waals surface area (Å²) in [4.78, 5) is 13.2. The third-order valence-corrected chi connectivity index (χ3v) is 7.55. The van der Waals surface area contributed by atoms with Crippen LogP contribution in [0.5, 0.6) is 0 Å². The number of aryl methyl sites for hydroxylation is 2. The summed E-state index contributed by atoms with van der Waals surface area (Å²) in [5.74, 6) is 1.42. The first kappa shape index (κ1) is 26.1. The number of carbonyl (C=O) groups is 1. The fraction of sp³-hybridized carbons (Fsp3) is 0.115. The maximum Gasteiger partial charge on any atom is 0.250 e. The number of thiocarbonyl (C=S) groups is 1. The van der Waals surface area contributed by atoms with E-state index in [9.17, 15) is 4.79 Å². The second-order valence-electron chi connectivity index (χ2n) is 8.18. The van der Waals surface area contributed by atoms with Gasteiger partial charge in [-0.2, -0.15) is 9.61 Å². The highest BCUT2D eigenvalue weighted by Crippen LogP contribution is 2.34. The van der Waals surface area contributed by atoms with Gasteiger partial charge in [-0.05, 0) is 61.1 Å². The van der Waals surface area contributed by atoms with Gasteiger partial charge in [-0.15, -0.1) is 10.2 Å². The van der Waals surface area contributed by atoms with E-state index < -0.39 is 5.91 Å². The Bertz CT molecular complexity index is 1710. The topological polar surface area (TPSA) is 97.3 Å². The molecule has 0 spiro atoms. The number of furan rings is 1. The van der Waals surface area contributed by atoms with E-state index in [1.165, 1.54) is 17.4 Å². The van der Waals surface area contributed by atoms with Crippen molar-refractivity contribution in [2.75, 3.05) is 5.32 Å². The molecule has 3 aromatic heterocycles. The summed E-state index contributed by atoms with van der Waals surface area (Å²) >= 11 is 19.2. The Kier molecular flexibility index (Phi) is 7.57. The van der Waals surface area contributed by atoms with E-state index in [0.29, 0.717) is 27.1 Å². The van der Waals surface area contributed by atoms with Crippen molar-refractivity contribution in [1.82, 2.24) is 25.1 Å². The third-order valence-electron chi connectivity index (χ3n) is 5.58. The summed E-state index contributed by atoms with van der Waals surface area (Å²) in [6, 6.07) is 14.7. The van der Waals surface area contributed by atoms with Crippen molar-refractivity contribution in [2.45, 2.75) is 20.3 Å². The molecule has 12 heteroatoms. The minimum atomic E-state index is -0.407. The molecule has 0 fully saturated rings. The molecular weight excluding hydrogens is 563 g/mol. The van der Waals surface area contributed by atoms with Gasteiger partial charge < -0.3 is 9.73 Å². The maximum absolute atomic E-state index is 12.5. The third kappa shape index (κ3) is 5.48. The molecular formula is C26H20Cl2N6O2S2. The molecule has 5 aromatic rings. The molecule has 0 aliphatic carbocycles. The number of nitrogens with one attached hydrogen (secondary N) is 2. The first-order chi connectivity index (χ1) is 18.3. The summed E-state index contributed by atoms with van der Waals surface area (Å²) in [6.45, 7) is 3.96. The van der Waals surface area contributed by atoms with E-state index in [0.717, 1.165) is 39.0 Å². The maximum atomic E-state index is 12.5. The first-order valence-corrected chi connectivity index (χ1v) is 13.5. The summed E-state index contributed by atoms with van der Waals surface area (Å²) < 4.78 is 7.54. The molecule has 0 bridgehead atoms. The SMILES string of the molecule is CCc1nnc2sc(-c3ccc(C)c(NC(=S)NC(=O)C=Cc4ccc(-c5cccc(Cl)c5Cl)o4)c3)nn12. The lowest BCUT2D eigenvalue weighted by Crippen LogP contribution is -2.33. The van der Waals surface area contributed by atoms with Gasteiger partial charge in [-0.1, -0.05) is 59.7 Å². The van der Waals surface area contributed by atoms with Crippen molar-refractivity contribution < 1.29 is 9.21 Å². The zero-order valence-corrected chi connectivity index (χ0v) is 23.3. The molecule has 8 nitrogen and oxygen atoms in total. The minimum Gasteiger partial charge on any atom is -0.457 e. The van der Waals surface area contributed by atoms with Crippen LogP contribution < -0.4 is 10.6 Å². The summed E-state index contributed by atoms with van der Waals surface area (Å²) in [5.41, 5.74) is 3.28. The van der Waals surface area contributed by atoms with E-state index in [-0.39, 0.29) is 5.11 Å². The fourth-order valence-electron chi connectivity index (χ4n) is 3.63. The largest absolute Gasteiger partial charge is 0.457 e. The van der Waals surface area contributed by atoms with Crippen LogP contribution in [0.25, 0.3) is 32.9 Å². The Morgan fingerprint density at radius 2 is 2.03 bits per heavy atom. The van der Waals surface area contributed by atoms with Gasteiger partial charge in [0.05, 0.1) is 10.0 Å². The molecule has 0 saturated heterocycles. The van der Waals surface area contributed by atoms with Crippen molar-refractivity contribution in [3.05, 3.63) is 81.8 Å². The highest BCUT2D eigenvalue weighted by Gasteiger charge is 2.14. The number of rotatable bonds is 6. The molecule has 2 N–H and O–H groups in total. The number of benzene rings is 2. The lowest BCUT2D eigenvalue weighted by Gasteiger charge is -2.12. The number of halogens is 2. The normalized spacial score (nSPS) is 11.4. The molecule has 0 radical (unpaired) electrons. The molecule has 1 amide bonds. The van der Waals surface area contributed by atoms with Crippen LogP contribution in [-0.2, 0) is 11.2 Å². The Hall–Kier alpha value is -3.57. The Morgan fingerprint density at radius 3 is 2.84 bits per heavy atom. The van der Waals surface area contributed by atoms with Gasteiger partial charge in [-0.25, -0.2) is 0 Å². The van der Waals surface area contributed by atoms with Crippen LogP contribution >= 0.6 is 46.8 Å². The van der Waals surface area contributed by atoms with Crippen LogP contribution in [0.4, 0.5) is 5.69 Å². The molecule has 0 aliphatic heterocycles. The molecule has 0 unspecified atom stereocenters.